The van der Waals surface area contributed by atoms with Crippen molar-refractivity contribution in [2.24, 2.45) is 0 Å². The van der Waals surface area contributed by atoms with Gasteiger partial charge >= 0.3 is 0 Å². The molecule has 0 bridgehead atoms. The lowest BCUT2D eigenvalue weighted by Crippen LogP contribution is -3.00. The van der Waals surface area contributed by atoms with Crippen molar-refractivity contribution in [3.05, 3.63) is 0 Å². The molecule has 0 amide bonds. The van der Waals surface area contributed by atoms with E-state index in [1.54, 1.807) is 0 Å². The summed E-state index contributed by atoms with van der Waals surface area (Å²) in [5.41, 5.74) is 0. The Labute approximate surface area is 197 Å². The Morgan fingerprint density at radius 3 is 0.862 bits per heavy atom. The van der Waals surface area contributed by atoms with Crippen LogP contribution in [-0.4, -0.2) is 30.7 Å². The number of unbranched alkanes of at least 4 members (excludes halogenated alkanes) is 15. The zero-order valence-electron chi connectivity index (χ0n) is 21.1. The monoisotopic (exact) mass is 475 g/mol. The minimum absolute atomic E-state index is 0. The molecule has 0 aliphatic heterocycles. The Kier molecular flexibility index (Phi) is 26.9. The van der Waals surface area contributed by atoms with Gasteiger partial charge in [-0.1, -0.05) is 118 Å². The van der Waals surface area contributed by atoms with E-state index in [1.165, 1.54) is 153 Å². The van der Waals surface area contributed by atoms with Crippen LogP contribution in [0.1, 0.15) is 150 Å². The molecule has 0 spiro atoms. The predicted octanol–water partition coefficient (Wildman–Crippen LogP) is 6.30. The lowest BCUT2D eigenvalue weighted by molar-refractivity contribution is -0.929. The maximum absolute atomic E-state index is 2.36. The van der Waals surface area contributed by atoms with Gasteiger partial charge in [0, 0.05) is 0 Å². The van der Waals surface area contributed by atoms with E-state index in [4.69, 9.17) is 0 Å². The maximum Gasteiger partial charge on any atom is 0.0786 e. The van der Waals surface area contributed by atoms with Crippen LogP contribution in [0.15, 0.2) is 0 Å². The SMILES string of the molecule is CCCCCCCCCCCCCCC[N+](CCCC)(CCCC)CCCC.[Br-]. The van der Waals surface area contributed by atoms with Crippen LogP contribution < -0.4 is 17.0 Å². The third-order valence-electron chi connectivity index (χ3n) is 6.69. The molecule has 0 aliphatic carbocycles. The number of hydrogen-bond donors (Lipinski definition) is 0. The van der Waals surface area contributed by atoms with Crippen LogP contribution in [0.2, 0.25) is 0 Å². The first-order valence-electron chi connectivity index (χ1n) is 13.6. The molecular weight excluding hydrogens is 418 g/mol. The quantitative estimate of drug-likeness (QED) is 0.120. The number of halogens is 1. The highest BCUT2D eigenvalue weighted by Gasteiger charge is 2.24. The Morgan fingerprint density at radius 1 is 0.310 bits per heavy atom. The summed E-state index contributed by atoms with van der Waals surface area (Å²) in [4.78, 5) is 0. The summed E-state index contributed by atoms with van der Waals surface area (Å²) >= 11 is 0. The van der Waals surface area contributed by atoms with E-state index in [2.05, 4.69) is 27.7 Å². The summed E-state index contributed by atoms with van der Waals surface area (Å²) in [5, 5.41) is 0. The van der Waals surface area contributed by atoms with Crippen molar-refractivity contribution in [1.29, 1.82) is 0 Å². The van der Waals surface area contributed by atoms with Crippen LogP contribution in [0, 0.1) is 0 Å². The average Bonchev–Trinajstić information content (AvgIpc) is 2.72. The third-order valence-corrected chi connectivity index (χ3v) is 6.69. The second-order valence-electron chi connectivity index (χ2n) is 9.54. The molecule has 0 aromatic carbocycles. The molecule has 0 saturated carbocycles. The molecular formula is C27H58BrN. The fourth-order valence-electron chi connectivity index (χ4n) is 4.62. The Hall–Kier alpha value is 0.440. The molecule has 0 aliphatic rings. The van der Waals surface area contributed by atoms with E-state index in [-0.39, 0.29) is 17.0 Å². The summed E-state index contributed by atoms with van der Waals surface area (Å²) in [6.07, 6.45) is 27.4. The summed E-state index contributed by atoms with van der Waals surface area (Å²) < 4.78 is 1.44. The van der Waals surface area contributed by atoms with Crippen LogP contribution in [0.5, 0.6) is 0 Å². The Balaban J connectivity index is 0. The molecule has 29 heavy (non-hydrogen) atoms. The van der Waals surface area contributed by atoms with Crippen LogP contribution in [0.4, 0.5) is 0 Å². The van der Waals surface area contributed by atoms with Gasteiger partial charge in [-0.25, -0.2) is 0 Å². The predicted molar refractivity (Wildman–Crippen MR) is 130 cm³/mol. The van der Waals surface area contributed by atoms with E-state index in [0.29, 0.717) is 0 Å². The highest BCUT2D eigenvalue weighted by Crippen LogP contribution is 2.18. The van der Waals surface area contributed by atoms with Gasteiger partial charge in [-0.2, -0.15) is 0 Å². The van der Waals surface area contributed by atoms with Crippen molar-refractivity contribution in [2.45, 2.75) is 150 Å². The third kappa shape index (κ3) is 20.1. The smallest absolute Gasteiger partial charge is 0.0786 e. The second-order valence-corrected chi connectivity index (χ2v) is 9.54. The van der Waals surface area contributed by atoms with Gasteiger partial charge in [-0.3, -0.25) is 0 Å². The summed E-state index contributed by atoms with van der Waals surface area (Å²) in [7, 11) is 0. The van der Waals surface area contributed by atoms with Crippen molar-refractivity contribution < 1.29 is 21.5 Å². The van der Waals surface area contributed by atoms with Gasteiger partial charge < -0.3 is 21.5 Å². The molecule has 0 radical (unpaired) electrons. The van der Waals surface area contributed by atoms with Crippen LogP contribution in [0.3, 0.4) is 0 Å². The molecule has 0 fully saturated rings. The van der Waals surface area contributed by atoms with E-state index >= 15 is 0 Å². The highest BCUT2D eigenvalue weighted by atomic mass is 79.9. The zero-order chi connectivity index (χ0) is 20.8. The van der Waals surface area contributed by atoms with Gasteiger partial charge in [-0.15, -0.1) is 0 Å². The first-order chi connectivity index (χ1) is 13.7. The first-order valence-corrected chi connectivity index (χ1v) is 13.6. The van der Waals surface area contributed by atoms with Crippen molar-refractivity contribution in [1.82, 2.24) is 0 Å². The van der Waals surface area contributed by atoms with Gasteiger partial charge in [0.1, 0.15) is 0 Å². The average molecular weight is 477 g/mol. The van der Waals surface area contributed by atoms with Crippen LogP contribution in [-0.2, 0) is 0 Å². The number of nitrogens with zero attached hydrogens (tertiary/aromatic N) is 1. The fraction of sp³-hybridized carbons (Fsp3) is 1.00. The standard InChI is InChI=1S/C27H58N.BrH/c1-5-9-13-14-15-16-17-18-19-20-21-22-23-27-28(24-10-6-2,25-11-7-3)26-12-8-4;/h5-27H2,1-4H3;1H/q+1;/p-1. The first kappa shape index (κ1) is 31.6. The van der Waals surface area contributed by atoms with Gasteiger partial charge in [0.05, 0.1) is 26.2 Å². The molecule has 178 valence electrons. The van der Waals surface area contributed by atoms with Crippen LogP contribution >= 0.6 is 0 Å². The lowest BCUT2D eigenvalue weighted by Gasteiger charge is -2.39. The van der Waals surface area contributed by atoms with E-state index in [1.807, 2.05) is 0 Å². The Morgan fingerprint density at radius 2 is 0.552 bits per heavy atom. The normalized spacial score (nSPS) is 11.6. The molecule has 0 saturated heterocycles. The molecule has 0 aromatic heterocycles. The summed E-state index contributed by atoms with van der Waals surface area (Å²) in [6, 6.07) is 0. The summed E-state index contributed by atoms with van der Waals surface area (Å²) in [6.45, 7) is 15.2. The number of rotatable bonds is 23. The largest absolute Gasteiger partial charge is 1.00 e. The molecule has 0 unspecified atom stereocenters. The van der Waals surface area contributed by atoms with Crippen molar-refractivity contribution in [2.75, 3.05) is 26.2 Å². The minimum atomic E-state index is 0. The number of hydrogen-bond acceptors (Lipinski definition) is 0. The van der Waals surface area contributed by atoms with Gasteiger partial charge in [0.25, 0.3) is 0 Å². The molecule has 0 N–H and O–H groups in total. The number of quaternary nitrogens is 1. The van der Waals surface area contributed by atoms with E-state index in [9.17, 15) is 0 Å². The van der Waals surface area contributed by atoms with Crippen LogP contribution in [0.25, 0.3) is 0 Å². The van der Waals surface area contributed by atoms with E-state index < -0.39 is 0 Å². The molecule has 1 nitrogen and oxygen atoms in total. The van der Waals surface area contributed by atoms with Gasteiger partial charge in [-0.05, 0) is 32.1 Å². The fourth-order valence-corrected chi connectivity index (χ4v) is 4.62. The Bertz CT molecular complexity index is 270. The molecule has 2 heteroatoms. The zero-order valence-corrected chi connectivity index (χ0v) is 22.7. The highest BCUT2D eigenvalue weighted by molar-refractivity contribution is 4.52. The van der Waals surface area contributed by atoms with E-state index in [0.717, 1.165) is 0 Å². The van der Waals surface area contributed by atoms with Crippen molar-refractivity contribution in [3.63, 3.8) is 0 Å². The topological polar surface area (TPSA) is 0 Å². The minimum Gasteiger partial charge on any atom is -1.00 e. The van der Waals surface area contributed by atoms with Crippen molar-refractivity contribution in [3.8, 4) is 0 Å². The second kappa shape index (κ2) is 24.7. The van der Waals surface area contributed by atoms with Gasteiger partial charge in [0.2, 0.25) is 0 Å². The molecule has 0 rings (SSSR count). The van der Waals surface area contributed by atoms with Gasteiger partial charge in [0.15, 0.2) is 0 Å². The maximum atomic E-state index is 2.36. The lowest BCUT2D eigenvalue weighted by atomic mass is 10.0. The molecule has 0 heterocycles. The molecule has 0 atom stereocenters. The summed E-state index contributed by atoms with van der Waals surface area (Å²) in [5.74, 6) is 0. The van der Waals surface area contributed by atoms with Crippen molar-refractivity contribution >= 4 is 0 Å². The molecule has 0 aromatic rings.